The van der Waals surface area contributed by atoms with Gasteiger partial charge in [0.2, 0.25) is 10.0 Å². The number of alkyl halides is 1. The van der Waals surface area contributed by atoms with E-state index in [0.29, 0.717) is 29.5 Å². The lowest BCUT2D eigenvalue weighted by atomic mass is 10.2. The molecule has 0 unspecified atom stereocenters. The van der Waals surface area contributed by atoms with Crippen LogP contribution in [0.3, 0.4) is 0 Å². The molecule has 0 aliphatic heterocycles. The first-order valence-corrected chi connectivity index (χ1v) is 8.90. The highest BCUT2D eigenvalue weighted by molar-refractivity contribution is 7.89. The first-order valence-electron chi connectivity index (χ1n) is 6.05. The lowest BCUT2D eigenvalue weighted by Gasteiger charge is -2.23. The third-order valence-electron chi connectivity index (χ3n) is 2.56. The fourth-order valence-electron chi connectivity index (χ4n) is 1.71. The van der Waals surface area contributed by atoms with E-state index in [-0.39, 0.29) is 11.8 Å². The molecule has 0 aliphatic carbocycles. The van der Waals surface area contributed by atoms with Crippen LogP contribution in [0.5, 0.6) is 0 Å². The zero-order valence-corrected chi connectivity index (χ0v) is 13.8. The number of hydrogen-bond donors (Lipinski definition) is 0. The topological polar surface area (TPSA) is 46.6 Å². The molecule has 0 atom stereocenters. The van der Waals surface area contributed by atoms with E-state index in [1.807, 2.05) is 13.8 Å². The Morgan fingerprint density at radius 1 is 1.47 bits per heavy atom. The van der Waals surface area contributed by atoms with E-state index in [1.54, 1.807) is 18.6 Å². The average molecular weight is 326 g/mol. The van der Waals surface area contributed by atoms with Crippen molar-refractivity contribution in [2.24, 2.45) is 5.92 Å². The molecular formula is C12H20ClNO3S2. The van der Waals surface area contributed by atoms with Crippen molar-refractivity contribution < 1.29 is 13.2 Å². The quantitative estimate of drug-likeness (QED) is 0.690. The molecular weight excluding hydrogens is 306 g/mol. The predicted molar refractivity (Wildman–Crippen MR) is 79.3 cm³/mol. The Hall–Kier alpha value is -0.140. The molecule has 0 N–H and O–H groups in total. The third kappa shape index (κ3) is 4.43. The molecule has 0 amide bonds. The lowest BCUT2D eigenvalue weighted by Crippen LogP contribution is -2.36. The largest absolute Gasteiger partial charge is 0.383 e. The van der Waals surface area contributed by atoms with E-state index >= 15 is 0 Å². The molecule has 0 spiro atoms. The van der Waals surface area contributed by atoms with Crippen LogP contribution < -0.4 is 0 Å². The Morgan fingerprint density at radius 2 is 2.16 bits per heavy atom. The van der Waals surface area contributed by atoms with Crippen molar-refractivity contribution in [1.29, 1.82) is 0 Å². The number of nitrogens with zero attached hydrogens (tertiary/aromatic N) is 1. The van der Waals surface area contributed by atoms with Gasteiger partial charge in [-0.2, -0.15) is 4.31 Å². The van der Waals surface area contributed by atoms with Crippen LogP contribution in [0.15, 0.2) is 16.3 Å². The summed E-state index contributed by atoms with van der Waals surface area (Å²) in [4.78, 5) is 1.01. The van der Waals surface area contributed by atoms with Crippen molar-refractivity contribution in [3.8, 4) is 0 Å². The Bertz CT molecular complexity index is 485. The minimum atomic E-state index is -3.49. The van der Waals surface area contributed by atoms with Gasteiger partial charge < -0.3 is 4.74 Å². The second-order valence-electron chi connectivity index (χ2n) is 4.59. The van der Waals surface area contributed by atoms with Crippen LogP contribution in [0.1, 0.15) is 18.7 Å². The number of halogens is 1. The highest BCUT2D eigenvalue weighted by Gasteiger charge is 2.27. The van der Waals surface area contributed by atoms with Crippen LogP contribution >= 0.6 is 22.9 Å². The molecule has 1 aromatic rings. The summed E-state index contributed by atoms with van der Waals surface area (Å²) in [5.74, 6) is 0.469. The first kappa shape index (κ1) is 16.9. The summed E-state index contributed by atoms with van der Waals surface area (Å²) < 4.78 is 31.7. The molecule has 7 heteroatoms. The molecule has 0 saturated carbocycles. The van der Waals surface area contributed by atoms with Gasteiger partial charge in [0, 0.05) is 25.1 Å². The summed E-state index contributed by atoms with van der Waals surface area (Å²) in [6, 6.07) is 1.62. The van der Waals surface area contributed by atoms with Gasteiger partial charge in [-0.3, -0.25) is 0 Å². The van der Waals surface area contributed by atoms with Gasteiger partial charge in [0.05, 0.1) is 17.4 Å². The van der Waals surface area contributed by atoms with E-state index < -0.39 is 10.0 Å². The average Bonchev–Trinajstić information content (AvgIpc) is 2.82. The Labute approximate surface area is 124 Å². The van der Waals surface area contributed by atoms with E-state index in [0.717, 1.165) is 0 Å². The third-order valence-corrected chi connectivity index (χ3v) is 5.98. The summed E-state index contributed by atoms with van der Waals surface area (Å²) in [6.45, 7) is 5.20. The predicted octanol–water partition coefficient (Wildman–Crippen LogP) is 2.78. The Morgan fingerprint density at radius 3 is 2.68 bits per heavy atom. The molecule has 4 nitrogen and oxygen atoms in total. The lowest BCUT2D eigenvalue weighted by molar-refractivity contribution is 0.175. The summed E-state index contributed by atoms with van der Waals surface area (Å²) in [5, 5.41) is 1.76. The van der Waals surface area contributed by atoms with Crippen molar-refractivity contribution in [3.05, 3.63) is 16.3 Å². The van der Waals surface area contributed by atoms with Crippen LogP contribution in [0, 0.1) is 5.92 Å². The maximum Gasteiger partial charge on any atom is 0.244 e. The fraction of sp³-hybridized carbons (Fsp3) is 0.667. The molecule has 19 heavy (non-hydrogen) atoms. The molecule has 0 aliphatic rings. The zero-order chi connectivity index (χ0) is 14.5. The van der Waals surface area contributed by atoms with Crippen molar-refractivity contribution in [3.63, 3.8) is 0 Å². The Balaban J connectivity index is 3.04. The maximum absolute atomic E-state index is 12.6. The Kier molecular flexibility index (Phi) is 6.76. The number of ether oxygens (including phenoxy) is 1. The van der Waals surface area contributed by atoms with Gasteiger partial charge in [0.1, 0.15) is 0 Å². The number of methoxy groups -OCH3 is 1. The minimum absolute atomic E-state index is 0.214. The van der Waals surface area contributed by atoms with Crippen LogP contribution in [0.2, 0.25) is 0 Å². The van der Waals surface area contributed by atoms with Gasteiger partial charge in [-0.05, 0) is 17.4 Å². The highest BCUT2D eigenvalue weighted by atomic mass is 35.5. The smallest absolute Gasteiger partial charge is 0.244 e. The monoisotopic (exact) mass is 325 g/mol. The van der Waals surface area contributed by atoms with Crippen molar-refractivity contribution >= 4 is 33.0 Å². The van der Waals surface area contributed by atoms with Crippen LogP contribution in [0.4, 0.5) is 0 Å². The van der Waals surface area contributed by atoms with E-state index in [1.165, 1.54) is 15.6 Å². The molecule has 0 aromatic carbocycles. The summed E-state index contributed by atoms with van der Waals surface area (Å²) in [5.41, 5.74) is 0. The number of hydrogen-bond acceptors (Lipinski definition) is 4. The second-order valence-corrected chi connectivity index (χ2v) is 7.77. The molecule has 0 radical (unpaired) electrons. The molecule has 1 rings (SSSR count). The molecule has 110 valence electrons. The van der Waals surface area contributed by atoms with Gasteiger partial charge in [-0.1, -0.05) is 13.8 Å². The second kappa shape index (κ2) is 7.59. The number of sulfonamides is 1. The minimum Gasteiger partial charge on any atom is -0.383 e. The van der Waals surface area contributed by atoms with Crippen LogP contribution in [-0.4, -0.2) is 39.5 Å². The normalized spacial score (nSPS) is 12.5. The van der Waals surface area contributed by atoms with Crippen LogP contribution in [0.25, 0.3) is 0 Å². The fourth-order valence-corrected chi connectivity index (χ4v) is 4.97. The summed E-state index contributed by atoms with van der Waals surface area (Å²) in [6.07, 6.45) is 0. The van der Waals surface area contributed by atoms with Gasteiger partial charge in [-0.25, -0.2) is 8.42 Å². The molecule has 1 aromatic heterocycles. The van der Waals surface area contributed by atoms with Gasteiger partial charge in [0.25, 0.3) is 0 Å². The van der Waals surface area contributed by atoms with E-state index in [9.17, 15) is 8.42 Å². The summed E-state index contributed by atoms with van der Waals surface area (Å²) in [7, 11) is -1.92. The van der Waals surface area contributed by atoms with E-state index in [4.69, 9.17) is 16.3 Å². The number of thiophene rings is 1. The maximum atomic E-state index is 12.6. The van der Waals surface area contributed by atoms with Gasteiger partial charge in [0.15, 0.2) is 0 Å². The first-order chi connectivity index (χ1) is 8.93. The van der Waals surface area contributed by atoms with Crippen LogP contribution in [-0.2, 0) is 20.6 Å². The van der Waals surface area contributed by atoms with Gasteiger partial charge >= 0.3 is 0 Å². The summed E-state index contributed by atoms with van der Waals surface area (Å²) >= 11 is 7.16. The zero-order valence-electron chi connectivity index (χ0n) is 11.4. The molecule has 0 fully saturated rings. The standard InChI is InChI=1S/C12H20ClNO3S2/c1-10(2)9-14(5-6-17-3)19(15,16)12-4-7-18-11(12)8-13/h4,7,10H,5-6,8-9H2,1-3H3. The highest BCUT2D eigenvalue weighted by Crippen LogP contribution is 2.27. The van der Waals surface area contributed by atoms with Crippen molar-refractivity contribution in [2.45, 2.75) is 24.6 Å². The SMILES string of the molecule is COCCN(CC(C)C)S(=O)(=O)c1ccsc1CCl. The number of rotatable bonds is 8. The van der Waals surface area contributed by atoms with Crippen molar-refractivity contribution in [2.75, 3.05) is 26.8 Å². The van der Waals surface area contributed by atoms with Gasteiger partial charge in [-0.15, -0.1) is 22.9 Å². The van der Waals surface area contributed by atoms with Crippen molar-refractivity contribution in [1.82, 2.24) is 4.31 Å². The molecule has 0 bridgehead atoms. The molecule has 1 heterocycles. The molecule has 0 saturated heterocycles. The van der Waals surface area contributed by atoms with E-state index in [2.05, 4.69) is 0 Å².